The molecular weight excluding hydrogens is 1200 g/mol. The third kappa shape index (κ3) is 23.7. The summed E-state index contributed by atoms with van der Waals surface area (Å²) in [5.74, 6) is 0. The van der Waals surface area contributed by atoms with Gasteiger partial charge in [-0.2, -0.15) is 46.6 Å². The zero-order valence-electron chi connectivity index (χ0n) is 41.8. The minimum atomic E-state index is -0.406. The van der Waals surface area contributed by atoms with Crippen LogP contribution in [0.15, 0.2) is 192 Å². The number of halogens is 2. The molecule has 0 nitrogen and oxygen atoms in total. The first kappa shape index (κ1) is 61.6. The van der Waals surface area contributed by atoms with Crippen molar-refractivity contribution < 1.29 is 46.0 Å². The molecule has 0 radical (unpaired) electrons. The molecule has 0 N–H and O–H groups in total. The van der Waals surface area contributed by atoms with Gasteiger partial charge in [-0.15, -0.1) is 50.5 Å². The maximum atomic E-state index is 3.16. The van der Waals surface area contributed by atoms with Crippen molar-refractivity contribution in [2.45, 2.75) is 109 Å². The van der Waals surface area contributed by atoms with E-state index in [2.05, 4.69) is 277 Å². The second-order valence-corrected chi connectivity index (χ2v) is 34.6. The van der Waals surface area contributed by atoms with E-state index in [1.54, 1.807) is 0 Å². The standard InChI is InChI=1S/2C12H10Si.4C9H13.2ClH.2Hf/c2*1-3-7-11(8-4-1)13-12-9-5-2-6-10-12;4*1-9(2,3)8-6-4-5-7-8;;;;/h2*1-10H;4*6-7H,4H2,1-3H3;2*1H;;/q;;4*-1;;;2*+2. The van der Waals surface area contributed by atoms with Crippen LogP contribution in [0.4, 0.5) is 0 Å². The van der Waals surface area contributed by atoms with E-state index in [9.17, 15) is 0 Å². The quantitative estimate of drug-likeness (QED) is 0.141. The van der Waals surface area contributed by atoms with Crippen molar-refractivity contribution in [2.24, 2.45) is 21.7 Å². The van der Waals surface area contributed by atoms with Crippen molar-refractivity contribution >= 4 is 56.6 Å². The first-order valence-corrected chi connectivity index (χ1v) is 36.4. The van der Waals surface area contributed by atoms with Gasteiger partial charge in [-0.05, 0) is 0 Å². The van der Waals surface area contributed by atoms with E-state index < -0.39 is 11.0 Å². The van der Waals surface area contributed by atoms with Gasteiger partial charge in [0.05, 0.1) is 0 Å². The topological polar surface area (TPSA) is 0 Å². The van der Waals surface area contributed by atoms with Crippen LogP contribution in [0.25, 0.3) is 0 Å². The average Bonchev–Trinajstić information content (AvgIpc) is 4.13. The molecular formula is C60H74Cl2Hf2Si2. The minimum absolute atomic E-state index is 0. The van der Waals surface area contributed by atoms with E-state index >= 15 is 0 Å². The number of hydrogen-bond acceptors (Lipinski definition) is 0. The Morgan fingerprint density at radius 1 is 0.318 bits per heavy atom. The summed E-state index contributed by atoms with van der Waals surface area (Å²) in [6.07, 6.45) is 34.0. The van der Waals surface area contributed by atoms with Crippen LogP contribution < -0.4 is 20.7 Å². The molecule has 344 valence electrons. The van der Waals surface area contributed by atoms with E-state index in [-0.39, 0.29) is 24.8 Å². The van der Waals surface area contributed by atoms with Crippen LogP contribution in [-0.2, 0) is 46.0 Å². The van der Waals surface area contributed by atoms with Gasteiger partial charge in [0.15, 0.2) is 0 Å². The van der Waals surface area contributed by atoms with Crippen LogP contribution >= 0.6 is 24.8 Å². The molecule has 66 heavy (non-hydrogen) atoms. The van der Waals surface area contributed by atoms with Gasteiger partial charge in [-0.1, -0.05) is 105 Å². The Morgan fingerprint density at radius 2 is 0.485 bits per heavy atom. The summed E-state index contributed by atoms with van der Waals surface area (Å²) in [6.45, 7) is 26.7. The van der Waals surface area contributed by atoms with E-state index in [0.29, 0.717) is 21.7 Å². The van der Waals surface area contributed by atoms with Gasteiger partial charge in [-0.25, -0.2) is 24.3 Å². The molecule has 4 aromatic carbocycles. The van der Waals surface area contributed by atoms with Crippen LogP contribution in [-0.4, -0.2) is 11.0 Å². The molecule has 0 fully saturated rings. The monoisotopic (exact) mass is 1280 g/mol. The number of allylic oxidation sites excluding steroid dienone is 16. The van der Waals surface area contributed by atoms with E-state index in [4.69, 9.17) is 0 Å². The third-order valence-electron chi connectivity index (χ3n) is 10.5. The maximum absolute atomic E-state index is 3.16. The van der Waals surface area contributed by atoms with Gasteiger partial charge in [0.2, 0.25) is 0 Å². The van der Waals surface area contributed by atoms with Crippen molar-refractivity contribution in [2.75, 3.05) is 0 Å². The van der Waals surface area contributed by atoms with E-state index in [0.717, 1.165) is 25.7 Å². The molecule has 0 saturated carbocycles. The Morgan fingerprint density at radius 3 is 0.591 bits per heavy atom. The van der Waals surface area contributed by atoms with Crippen LogP contribution in [0.2, 0.25) is 0 Å². The molecule has 0 aromatic heterocycles. The zero-order chi connectivity index (χ0) is 47.2. The number of hydrogen-bond donors (Lipinski definition) is 0. The molecule has 6 heteroatoms. The summed E-state index contributed by atoms with van der Waals surface area (Å²) in [5, 5.41) is 6.15. The molecule has 0 heterocycles. The second-order valence-electron chi connectivity index (χ2n) is 20.1. The van der Waals surface area contributed by atoms with Crippen molar-refractivity contribution in [3.8, 4) is 0 Å². The Kier molecular flexibility index (Phi) is 28.8. The molecule has 4 aliphatic rings. The van der Waals surface area contributed by atoms with Crippen molar-refractivity contribution in [1.82, 2.24) is 0 Å². The van der Waals surface area contributed by atoms with Gasteiger partial charge in [-0.3, -0.25) is 24.3 Å². The Balaban J connectivity index is 0.000000399. The first-order chi connectivity index (χ1) is 30.2. The van der Waals surface area contributed by atoms with Crippen LogP contribution in [0.5, 0.6) is 0 Å². The normalized spacial score (nSPS) is 14.2. The zero-order valence-corrected chi connectivity index (χ0v) is 52.6. The molecule has 8 rings (SSSR count). The summed E-state index contributed by atoms with van der Waals surface area (Å²) in [5.41, 5.74) is 6.16. The van der Waals surface area contributed by atoms with Gasteiger partial charge >= 0.3 is 199 Å². The Labute approximate surface area is 445 Å². The van der Waals surface area contributed by atoms with Crippen molar-refractivity contribution in [3.05, 3.63) is 217 Å². The fourth-order valence-electron chi connectivity index (χ4n) is 6.43. The van der Waals surface area contributed by atoms with Crippen LogP contribution in [0.3, 0.4) is 0 Å². The van der Waals surface area contributed by atoms with Gasteiger partial charge in [0, 0.05) is 0 Å². The SMILES string of the molecule is CC(C)(C)C1=CC[C-]=C1.CC(C)(C)C1=CC[C-]=C1.CC(C)(C)C1=CC[C-]=C1.CC(C)(C)C1=CC[C-]=C1.Cl.Cl.[Hf+2]=[Si](c1ccccc1)c1ccccc1.[Hf+2]=[Si](c1ccccc1)c1ccccc1. The Bertz CT molecular complexity index is 1970. The molecule has 4 aromatic rings. The molecule has 0 spiro atoms. The van der Waals surface area contributed by atoms with Gasteiger partial charge in [0.1, 0.15) is 0 Å². The summed E-state index contributed by atoms with van der Waals surface area (Å²) in [6, 6.07) is 43.5. The van der Waals surface area contributed by atoms with E-state index in [1.165, 1.54) is 89.0 Å². The van der Waals surface area contributed by atoms with Crippen molar-refractivity contribution in [3.63, 3.8) is 0 Å². The molecule has 0 saturated heterocycles. The molecule has 0 atom stereocenters. The molecule has 0 aliphatic heterocycles. The van der Waals surface area contributed by atoms with Crippen LogP contribution in [0.1, 0.15) is 109 Å². The molecule has 0 amide bonds. The molecule has 0 unspecified atom stereocenters. The molecule has 0 bridgehead atoms. The van der Waals surface area contributed by atoms with Gasteiger partial charge in [0.25, 0.3) is 0 Å². The van der Waals surface area contributed by atoms with Gasteiger partial charge < -0.3 is 0 Å². The summed E-state index contributed by atoms with van der Waals surface area (Å²) in [7, 11) is 0. The second kappa shape index (κ2) is 30.9. The summed E-state index contributed by atoms with van der Waals surface area (Å²) >= 11 is 2.53. The molecule has 4 aliphatic carbocycles. The van der Waals surface area contributed by atoms with Crippen LogP contribution in [0, 0.1) is 46.0 Å². The fraction of sp³-hybridized carbons (Fsp3) is 0.333. The first-order valence-electron chi connectivity index (χ1n) is 22.7. The Hall–Kier alpha value is -2.45. The predicted molar refractivity (Wildman–Crippen MR) is 290 cm³/mol. The fourth-order valence-corrected chi connectivity index (χ4v) is 16.4. The summed E-state index contributed by atoms with van der Waals surface area (Å²) < 4.78 is 0. The predicted octanol–water partition coefficient (Wildman–Crippen LogP) is 14.4. The third-order valence-corrected chi connectivity index (χ3v) is 26.6. The summed E-state index contributed by atoms with van der Waals surface area (Å²) in [4.78, 5) is 0. The number of rotatable bonds is 4. The number of benzene rings is 4. The van der Waals surface area contributed by atoms with E-state index in [1.807, 2.05) is 0 Å². The van der Waals surface area contributed by atoms with Crippen molar-refractivity contribution in [1.29, 1.82) is 0 Å². The average molecular weight is 1280 g/mol.